The highest BCUT2D eigenvalue weighted by molar-refractivity contribution is 7.12. The highest BCUT2D eigenvalue weighted by Crippen LogP contribution is 2.36. The van der Waals surface area contributed by atoms with Crippen LogP contribution in [-0.2, 0) is 0 Å². The summed E-state index contributed by atoms with van der Waals surface area (Å²) in [6.07, 6.45) is 0. The van der Waals surface area contributed by atoms with E-state index in [4.69, 9.17) is 0 Å². The van der Waals surface area contributed by atoms with Crippen molar-refractivity contribution in [2.24, 2.45) is 0 Å². The average Bonchev–Trinajstić information content (AvgIpc) is 2.87. The predicted octanol–water partition coefficient (Wildman–Crippen LogP) is 4.57. The van der Waals surface area contributed by atoms with Crippen LogP contribution in [0.3, 0.4) is 0 Å². The van der Waals surface area contributed by atoms with Crippen LogP contribution >= 0.6 is 11.3 Å². The Morgan fingerprint density at radius 1 is 1.11 bits per heavy atom. The Morgan fingerprint density at radius 2 is 1.89 bits per heavy atom. The first-order chi connectivity index (χ1) is 9.18. The van der Waals surface area contributed by atoms with Gasteiger partial charge in [0.1, 0.15) is 4.88 Å². The van der Waals surface area contributed by atoms with E-state index in [-0.39, 0.29) is 0 Å². The SMILES string of the molecule is Cc1ccc2ccccc2c1-c1ccsc1C(=O)O. The van der Waals surface area contributed by atoms with Gasteiger partial charge in [0.15, 0.2) is 0 Å². The van der Waals surface area contributed by atoms with Gasteiger partial charge in [-0.15, -0.1) is 11.3 Å². The zero-order chi connectivity index (χ0) is 13.4. The third-order valence-electron chi connectivity index (χ3n) is 3.27. The van der Waals surface area contributed by atoms with Crippen LogP contribution in [0.1, 0.15) is 15.2 Å². The molecular formula is C16H12O2S. The number of rotatable bonds is 2. The molecule has 0 spiro atoms. The third-order valence-corrected chi connectivity index (χ3v) is 4.17. The summed E-state index contributed by atoms with van der Waals surface area (Å²) in [7, 11) is 0. The first-order valence-corrected chi connectivity index (χ1v) is 6.86. The molecule has 0 aliphatic rings. The van der Waals surface area contributed by atoms with Crippen LogP contribution < -0.4 is 0 Å². The van der Waals surface area contributed by atoms with E-state index in [1.54, 1.807) is 0 Å². The first kappa shape index (κ1) is 11.9. The number of carbonyl (C=O) groups is 1. The topological polar surface area (TPSA) is 37.3 Å². The number of aromatic carboxylic acids is 1. The molecule has 0 fully saturated rings. The summed E-state index contributed by atoms with van der Waals surface area (Å²) in [6, 6.07) is 14.1. The molecule has 3 rings (SSSR count). The van der Waals surface area contributed by atoms with Crippen molar-refractivity contribution >= 4 is 28.1 Å². The molecule has 2 aromatic carbocycles. The molecule has 0 saturated carbocycles. The largest absolute Gasteiger partial charge is 0.477 e. The van der Waals surface area contributed by atoms with Crippen molar-refractivity contribution in [2.75, 3.05) is 0 Å². The minimum atomic E-state index is -0.864. The molecule has 1 N–H and O–H groups in total. The Labute approximate surface area is 114 Å². The number of carboxylic acids is 1. The normalized spacial score (nSPS) is 10.8. The summed E-state index contributed by atoms with van der Waals surface area (Å²) in [5, 5.41) is 13.4. The average molecular weight is 268 g/mol. The fraction of sp³-hybridized carbons (Fsp3) is 0.0625. The van der Waals surface area contributed by atoms with Crippen LogP contribution in [0.4, 0.5) is 0 Å². The lowest BCUT2D eigenvalue weighted by Gasteiger charge is -2.10. The number of benzene rings is 2. The predicted molar refractivity (Wildman–Crippen MR) is 79.0 cm³/mol. The van der Waals surface area contributed by atoms with Crippen molar-refractivity contribution in [3.8, 4) is 11.1 Å². The smallest absolute Gasteiger partial charge is 0.346 e. The maximum Gasteiger partial charge on any atom is 0.346 e. The van der Waals surface area contributed by atoms with Crippen LogP contribution in [0.2, 0.25) is 0 Å². The fourth-order valence-corrected chi connectivity index (χ4v) is 3.15. The van der Waals surface area contributed by atoms with Gasteiger partial charge in [-0.25, -0.2) is 4.79 Å². The molecule has 0 saturated heterocycles. The van der Waals surface area contributed by atoms with Crippen LogP contribution in [-0.4, -0.2) is 11.1 Å². The van der Waals surface area contributed by atoms with Gasteiger partial charge >= 0.3 is 5.97 Å². The van der Waals surface area contributed by atoms with Crippen molar-refractivity contribution in [3.05, 3.63) is 58.3 Å². The van der Waals surface area contributed by atoms with E-state index in [2.05, 4.69) is 6.07 Å². The van der Waals surface area contributed by atoms with Crippen molar-refractivity contribution < 1.29 is 9.90 Å². The summed E-state index contributed by atoms with van der Waals surface area (Å²) >= 11 is 1.27. The molecule has 1 heterocycles. The number of thiophene rings is 1. The Morgan fingerprint density at radius 3 is 2.68 bits per heavy atom. The second-order valence-corrected chi connectivity index (χ2v) is 5.36. The molecule has 0 amide bonds. The van der Waals surface area contributed by atoms with Gasteiger partial charge in [0.25, 0.3) is 0 Å². The molecule has 3 heteroatoms. The van der Waals surface area contributed by atoms with Gasteiger partial charge in [0, 0.05) is 5.56 Å². The summed E-state index contributed by atoms with van der Waals surface area (Å²) in [5.74, 6) is -0.864. The molecule has 3 aromatic rings. The van der Waals surface area contributed by atoms with Gasteiger partial charge < -0.3 is 5.11 Å². The van der Waals surface area contributed by atoms with Crippen LogP contribution in [0.25, 0.3) is 21.9 Å². The highest BCUT2D eigenvalue weighted by Gasteiger charge is 2.16. The molecule has 0 radical (unpaired) electrons. The van der Waals surface area contributed by atoms with E-state index in [0.29, 0.717) is 4.88 Å². The summed E-state index contributed by atoms with van der Waals surface area (Å²) < 4.78 is 0. The summed E-state index contributed by atoms with van der Waals surface area (Å²) in [4.78, 5) is 11.7. The van der Waals surface area contributed by atoms with E-state index in [9.17, 15) is 9.90 Å². The fourth-order valence-electron chi connectivity index (χ4n) is 2.41. The molecule has 1 aromatic heterocycles. The monoisotopic (exact) mass is 268 g/mol. The molecular weight excluding hydrogens is 256 g/mol. The number of hydrogen-bond acceptors (Lipinski definition) is 2. The standard InChI is InChI=1S/C16H12O2S/c1-10-6-7-11-4-2-3-5-12(11)14(10)13-8-9-19-15(13)16(17)18/h2-9H,1H3,(H,17,18). The van der Waals surface area contributed by atoms with Gasteiger partial charge in [-0.3, -0.25) is 0 Å². The number of hydrogen-bond donors (Lipinski definition) is 1. The lowest BCUT2D eigenvalue weighted by molar-refractivity contribution is 0.0703. The molecule has 0 aliphatic carbocycles. The van der Waals surface area contributed by atoms with Crippen molar-refractivity contribution in [1.29, 1.82) is 0 Å². The van der Waals surface area contributed by atoms with E-state index >= 15 is 0 Å². The van der Waals surface area contributed by atoms with Gasteiger partial charge in [-0.1, -0.05) is 36.4 Å². The van der Waals surface area contributed by atoms with Crippen LogP contribution in [0.5, 0.6) is 0 Å². The van der Waals surface area contributed by atoms with E-state index in [1.165, 1.54) is 11.3 Å². The van der Waals surface area contributed by atoms with E-state index in [0.717, 1.165) is 27.5 Å². The summed E-state index contributed by atoms with van der Waals surface area (Å²) in [6.45, 7) is 2.02. The second-order valence-electron chi connectivity index (χ2n) is 4.45. The molecule has 0 aliphatic heterocycles. The van der Waals surface area contributed by atoms with E-state index in [1.807, 2.05) is 48.7 Å². The van der Waals surface area contributed by atoms with Gasteiger partial charge in [0.2, 0.25) is 0 Å². The molecule has 0 atom stereocenters. The quantitative estimate of drug-likeness (QED) is 0.739. The Bertz CT molecular complexity index is 771. The number of fused-ring (bicyclic) bond motifs is 1. The maximum absolute atomic E-state index is 11.3. The second kappa shape index (κ2) is 4.52. The van der Waals surface area contributed by atoms with Crippen LogP contribution in [0.15, 0.2) is 47.8 Å². The summed E-state index contributed by atoms with van der Waals surface area (Å²) in [5.41, 5.74) is 2.93. The Hall–Kier alpha value is -2.13. The van der Waals surface area contributed by atoms with Gasteiger partial charge in [-0.2, -0.15) is 0 Å². The van der Waals surface area contributed by atoms with Gasteiger partial charge in [-0.05, 0) is 40.3 Å². The van der Waals surface area contributed by atoms with E-state index < -0.39 is 5.97 Å². The van der Waals surface area contributed by atoms with Crippen LogP contribution in [0, 0.1) is 6.92 Å². The number of carboxylic acid groups (broad SMARTS) is 1. The molecule has 0 bridgehead atoms. The maximum atomic E-state index is 11.3. The molecule has 2 nitrogen and oxygen atoms in total. The van der Waals surface area contributed by atoms with Crippen molar-refractivity contribution in [3.63, 3.8) is 0 Å². The van der Waals surface area contributed by atoms with Gasteiger partial charge in [0.05, 0.1) is 0 Å². The molecule has 0 unspecified atom stereocenters. The van der Waals surface area contributed by atoms with Crippen molar-refractivity contribution in [2.45, 2.75) is 6.92 Å². The zero-order valence-electron chi connectivity index (χ0n) is 10.4. The minimum absolute atomic E-state index is 0.402. The number of aryl methyl sites for hydroxylation is 1. The zero-order valence-corrected chi connectivity index (χ0v) is 11.2. The lowest BCUT2D eigenvalue weighted by atomic mass is 9.94. The molecule has 94 valence electrons. The minimum Gasteiger partial charge on any atom is -0.477 e. The Kier molecular flexibility index (Phi) is 2.84. The molecule has 19 heavy (non-hydrogen) atoms. The Balaban J connectivity index is 2.39. The highest BCUT2D eigenvalue weighted by atomic mass is 32.1. The third kappa shape index (κ3) is 1.92. The van der Waals surface area contributed by atoms with Crippen molar-refractivity contribution in [1.82, 2.24) is 0 Å². The first-order valence-electron chi connectivity index (χ1n) is 5.98. The lowest BCUT2D eigenvalue weighted by Crippen LogP contribution is -1.96.